The number of methoxy groups -OCH3 is 1. The van der Waals surface area contributed by atoms with Crippen LogP contribution in [0.25, 0.3) is 0 Å². The molecule has 1 saturated heterocycles. The molecule has 3 rings (SSSR count). The predicted molar refractivity (Wildman–Crippen MR) is 76.1 cm³/mol. The molecule has 0 bridgehead atoms. The van der Waals surface area contributed by atoms with Crippen LogP contribution in [0.5, 0.6) is 5.75 Å². The van der Waals surface area contributed by atoms with E-state index in [1.807, 2.05) is 6.07 Å². The van der Waals surface area contributed by atoms with Crippen LogP contribution in [0.1, 0.15) is 24.0 Å². The number of rotatable bonds is 3. The monoisotopic (exact) mass is 275 g/mol. The number of benzene rings is 1. The Morgan fingerprint density at radius 1 is 1.35 bits per heavy atom. The summed E-state index contributed by atoms with van der Waals surface area (Å²) in [6.07, 6.45) is 4.01. The number of fused-ring (bicyclic) bond motifs is 1. The molecular formula is C16H21NO3. The minimum Gasteiger partial charge on any atom is -0.497 e. The van der Waals surface area contributed by atoms with Crippen molar-refractivity contribution in [3.05, 3.63) is 29.3 Å². The number of ether oxygens (including phenoxy) is 1. The van der Waals surface area contributed by atoms with Gasteiger partial charge in [0.2, 0.25) is 0 Å². The molecule has 2 atom stereocenters. The van der Waals surface area contributed by atoms with Crippen LogP contribution in [0.4, 0.5) is 0 Å². The number of aryl methyl sites for hydroxylation is 1. The first-order valence-electron chi connectivity index (χ1n) is 7.30. The van der Waals surface area contributed by atoms with Crippen molar-refractivity contribution in [3.63, 3.8) is 0 Å². The van der Waals surface area contributed by atoms with Crippen LogP contribution < -0.4 is 4.74 Å². The molecule has 1 N–H and O–H groups in total. The lowest BCUT2D eigenvalue weighted by Gasteiger charge is -2.32. The second-order valence-corrected chi connectivity index (χ2v) is 5.85. The minimum absolute atomic E-state index is 0.179. The van der Waals surface area contributed by atoms with Gasteiger partial charge in [-0.2, -0.15) is 0 Å². The highest BCUT2D eigenvalue weighted by Gasteiger charge is 2.33. The lowest BCUT2D eigenvalue weighted by Crippen LogP contribution is -2.38. The van der Waals surface area contributed by atoms with Gasteiger partial charge >= 0.3 is 5.97 Å². The second kappa shape index (κ2) is 5.44. The van der Waals surface area contributed by atoms with Crippen LogP contribution in [0.15, 0.2) is 18.2 Å². The molecule has 0 amide bonds. The Bertz CT molecular complexity index is 514. The molecule has 0 saturated carbocycles. The van der Waals surface area contributed by atoms with Gasteiger partial charge in [-0.25, -0.2) is 0 Å². The van der Waals surface area contributed by atoms with Crippen LogP contribution in [-0.4, -0.2) is 42.2 Å². The van der Waals surface area contributed by atoms with Crippen molar-refractivity contribution in [2.24, 2.45) is 5.92 Å². The van der Waals surface area contributed by atoms with Gasteiger partial charge in [-0.3, -0.25) is 9.69 Å². The number of carboxylic acid groups (broad SMARTS) is 1. The summed E-state index contributed by atoms with van der Waals surface area (Å²) in [5.74, 6) is 0.0846. The summed E-state index contributed by atoms with van der Waals surface area (Å²) >= 11 is 0. The normalized spacial score (nSPS) is 26.2. The first kappa shape index (κ1) is 13.4. The molecule has 1 aromatic rings. The van der Waals surface area contributed by atoms with Gasteiger partial charge in [-0.05, 0) is 55.5 Å². The summed E-state index contributed by atoms with van der Waals surface area (Å²) in [6, 6.07) is 6.80. The van der Waals surface area contributed by atoms with E-state index in [1.165, 1.54) is 11.1 Å². The standard InChI is InChI=1S/C16H21NO3/c1-20-15-5-3-11-2-4-14(8-13(11)9-15)17-7-6-12(10-17)16(18)19/h3,5,9,12,14H,2,4,6-8,10H2,1H3,(H,18,19). The van der Waals surface area contributed by atoms with Crippen molar-refractivity contribution >= 4 is 5.97 Å². The van der Waals surface area contributed by atoms with Crippen molar-refractivity contribution in [2.45, 2.75) is 31.7 Å². The second-order valence-electron chi connectivity index (χ2n) is 5.85. The van der Waals surface area contributed by atoms with Crippen LogP contribution in [0.2, 0.25) is 0 Å². The topological polar surface area (TPSA) is 49.8 Å². The van der Waals surface area contributed by atoms with Crippen LogP contribution in [0, 0.1) is 5.92 Å². The summed E-state index contributed by atoms with van der Waals surface area (Å²) in [4.78, 5) is 13.4. The number of hydrogen-bond donors (Lipinski definition) is 1. The Balaban J connectivity index is 1.70. The van der Waals surface area contributed by atoms with E-state index in [0.717, 1.165) is 38.0 Å². The minimum atomic E-state index is -0.648. The van der Waals surface area contributed by atoms with E-state index in [4.69, 9.17) is 9.84 Å². The summed E-state index contributed by atoms with van der Waals surface area (Å²) in [7, 11) is 1.69. The molecule has 0 radical (unpaired) electrons. The zero-order valence-electron chi connectivity index (χ0n) is 11.8. The van der Waals surface area contributed by atoms with Crippen LogP contribution in [0.3, 0.4) is 0 Å². The van der Waals surface area contributed by atoms with E-state index in [9.17, 15) is 4.79 Å². The Hall–Kier alpha value is -1.55. The Kier molecular flexibility index (Phi) is 3.66. The van der Waals surface area contributed by atoms with Crippen LogP contribution in [-0.2, 0) is 17.6 Å². The molecule has 1 aliphatic carbocycles. The fraction of sp³-hybridized carbons (Fsp3) is 0.562. The molecule has 20 heavy (non-hydrogen) atoms. The molecule has 1 fully saturated rings. The zero-order valence-corrected chi connectivity index (χ0v) is 11.8. The van der Waals surface area contributed by atoms with E-state index in [-0.39, 0.29) is 5.92 Å². The summed E-state index contributed by atoms with van der Waals surface area (Å²) in [5.41, 5.74) is 2.77. The van der Waals surface area contributed by atoms with Gasteiger partial charge in [0.25, 0.3) is 0 Å². The maximum atomic E-state index is 11.1. The van der Waals surface area contributed by atoms with E-state index in [1.54, 1.807) is 7.11 Å². The highest BCUT2D eigenvalue weighted by atomic mass is 16.5. The highest BCUT2D eigenvalue weighted by Crippen LogP contribution is 2.30. The maximum Gasteiger partial charge on any atom is 0.307 e. The van der Waals surface area contributed by atoms with Gasteiger partial charge in [-0.15, -0.1) is 0 Å². The molecule has 108 valence electrons. The van der Waals surface area contributed by atoms with E-state index < -0.39 is 5.97 Å². The molecule has 1 heterocycles. The van der Waals surface area contributed by atoms with Gasteiger partial charge in [0.1, 0.15) is 5.75 Å². The first-order chi connectivity index (χ1) is 9.67. The number of carboxylic acids is 1. The fourth-order valence-electron chi connectivity index (χ4n) is 3.47. The summed E-state index contributed by atoms with van der Waals surface area (Å²) in [5, 5.41) is 9.11. The van der Waals surface area contributed by atoms with Crippen LogP contribution >= 0.6 is 0 Å². The number of carbonyl (C=O) groups is 1. The average molecular weight is 275 g/mol. The molecule has 2 aliphatic rings. The Labute approximate surface area is 119 Å². The lowest BCUT2D eigenvalue weighted by atomic mass is 9.87. The number of nitrogens with zero attached hydrogens (tertiary/aromatic N) is 1. The smallest absolute Gasteiger partial charge is 0.307 e. The van der Waals surface area contributed by atoms with E-state index in [0.29, 0.717) is 12.6 Å². The SMILES string of the molecule is COc1ccc2c(c1)CC(N1CCC(C(=O)O)C1)CC2. The predicted octanol–water partition coefficient (Wildman–Crippen LogP) is 1.96. The third-order valence-corrected chi connectivity index (χ3v) is 4.70. The van der Waals surface area contributed by atoms with Gasteiger partial charge < -0.3 is 9.84 Å². The third kappa shape index (κ3) is 2.52. The van der Waals surface area contributed by atoms with Gasteiger partial charge in [0.15, 0.2) is 0 Å². The van der Waals surface area contributed by atoms with Crippen molar-refractivity contribution in [1.82, 2.24) is 4.90 Å². The Morgan fingerprint density at radius 3 is 2.90 bits per heavy atom. The van der Waals surface area contributed by atoms with E-state index in [2.05, 4.69) is 17.0 Å². The van der Waals surface area contributed by atoms with E-state index >= 15 is 0 Å². The van der Waals surface area contributed by atoms with Crippen molar-refractivity contribution in [2.75, 3.05) is 20.2 Å². The maximum absolute atomic E-state index is 11.1. The average Bonchev–Trinajstić information content (AvgIpc) is 2.96. The first-order valence-corrected chi connectivity index (χ1v) is 7.30. The molecule has 0 aromatic heterocycles. The van der Waals surface area contributed by atoms with Gasteiger partial charge in [0.05, 0.1) is 13.0 Å². The molecule has 1 aromatic carbocycles. The van der Waals surface area contributed by atoms with Gasteiger partial charge in [0, 0.05) is 12.6 Å². The quantitative estimate of drug-likeness (QED) is 0.916. The molecule has 2 unspecified atom stereocenters. The molecule has 4 nitrogen and oxygen atoms in total. The summed E-state index contributed by atoms with van der Waals surface area (Å²) < 4.78 is 5.30. The summed E-state index contributed by atoms with van der Waals surface area (Å²) in [6.45, 7) is 1.63. The lowest BCUT2D eigenvalue weighted by molar-refractivity contribution is -0.141. The molecule has 0 spiro atoms. The van der Waals surface area contributed by atoms with Crippen molar-refractivity contribution in [3.8, 4) is 5.75 Å². The van der Waals surface area contributed by atoms with Crippen molar-refractivity contribution in [1.29, 1.82) is 0 Å². The largest absolute Gasteiger partial charge is 0.497 e. The molecular weight excluding hydrogens is 254 g/mol. The zero-order chi connectivity index (χ0) is 14.1. The fourth-order valence-corrected chi connectivity index (χ4v) is 3.47. The molecule has 4 heteroatoms. The highest BCUT2D eigenvalue weighted by molar-refractivity contribution is 5.70. The molecule has 1 aliphatic heterocycles. The van der Waals surface area contributed by atoms with Gasteiger partial charge in [-0.1, -0.05) is 6.07 Å². The number of hydrogen-bond acceptors (Lipinski definition) is 3. The van der Waals surface area contributed by atoms with Crippen molar-refractivity contribution < 1.29 is 14.6 Å². The number of likely N-dealkylation sites (tertiary alicyclic amines) is 1. The number of aliphatic carboxylic acids is 1. The Morgan fingerprint density at radius 2 is 2.20 bits per heavy atom. The third-order valence-electron chi connectivity index (χ3n) is 4.70.